The summed E-state index contributed by atoms with van der Waals surface area (Å²) in [5.41, 5.74) is 0.408. The average molecular weight is 397 g/mol. The first-order chi connectivity index (χ1) is 9.33. The van der Waals surface area contributed by atoms with Crippen LogP contribution in [0.5, 0.6) is 0 Å². The van der Waals surface area contributed by atoms with Crippen molar-refractivity contribution in [2.24, 2.45) is 0 Å². The fraction of sp³-hybridized carbons (Fsp3) is 0.167. The minimum atomic E-state index is -3.69. The minimum absolute atomic E-state index is 0.174. The zero-order valence-corrected chi connectivity index (χ0v) is 14.3. The van der Waals surface area contributed by atoms with Gasteiger partial charge in [-0.3, -0.25) is 4.72 Å². The van der Waals surface area contributed by atoms with Gasteiger partial charge < -0.3 is 5.11 Å². The molecule has 0 bridgehead atoms. The molecule has 8 heteroatoms. The first kappa shape index (κ1) is 15.8. The van der Waals surface area contributed by atoms with Gasteiger partial charge in [0.05, 0.1) is 12.3 Å². The Morgan fingerprint density at radius 2 is 2.10 bits per heavy atom. The van der Waals surface area contributed by atoms with Crippen LogP contribution in [-0.4, -0.2) is 13.5 Å². The molecule has 0 aliphatic carbocycles. The van der Waals surface area contributed by atoms with Crippen LogP contribution in [0.2, 0.25) is 5.02 Å². The van der Waals surface area contributed by atoms with E-state index in [1.165, 1.54) is 17.4 Å². The number of nitrogens with one attached hydrogen (secondary N) is 1. The summed E-state index contributed by atoms with van der Waals surface area (Å²) in [5.74, 6) is 0. The Hall–Kier alpha value is -0.600. The fourth-order valence-corrected chi connectivity index (χ4v) is 5.13. The van der Waals surface area contributed by atoms with E-state index >= 15 is 0 Å². The molecule has 0 saturated carbocycles. The van der Waals surface area contributed by atoms with Gasteiger partial charge in [-0.05, 0) is 47.1 Å². The maximum Gasteiger partial charge on any atom is 0.263 e. The number of thiophene rings is 1. The molecule has 108 valence electrons. The minimum Gasteiger partial charge on any atom is -0.391 e. The summed E-state index contributed by atoms with van der Waals surface area (Å²) in [7, 11) is -3.69. The third kappa shape index (κ3) is 3.35. The summed E-state index contributed by atoms with van der Waals surface area (Å²) in [5, 5.41) is 9.59. The molecule has 1 aromatic heterocycles. The molecule has 1 heterocycles. The number of rotatable bonds is 4. The molecule has 2 N–H and O–H groups in total. The van der Waals surface area contributed by atoms with Gasteiger partial charge in [0, 0.05) is 19.2 Å². The van der Waals surface area contributed by atoms with Gasteiger partial charge in [0.25, 0.3) is 10.0 Å². The molecule has 0 aliphatic heterocycles. The van der Waals surface area contributed by atoms with Gasteiger partial charge in [0.2, 0.25) is 0 Å². The van der Waals surface area contributed by atoms with Crippen molar-refractivity contribution in [1.82, 2.24) is 0 Å². The molecular weight excluding hydrogens is 386 g/mol. The fourth-order valence-electron chi connectivity index (χ4n) is 1.64. The number of aryl methyl sites for hydroxylation is 1. The first-order valence-electron chi connectivity index (χ1n) is 5.51. The van der Waals surface area contributed by atoms with E-state index in [-0.39, 0.29) is 11.5 Å². The van der Waals surface area contributed by atoms with Crippen LogP contribution in [0, 0.1) is 6.92 Å². The van der Waals surface area contributed by atoms with Gasteiger partial charge >= 0.3 is 0 Å². The van der Waals surface area contributed by atoms with Crippen LogP contribution in [0.25, 0.3) is 0 Å². The number of aliphatic hydroxyl groups excluding tert-OH is 1. The lowest BCUT2D eigenvalue weighted by atomic mass is 10.3. The second kappa shape index (κ2) is 6.03. The summed E-state index contributed by atoms with van der Waals surface area (Å²) in [4.78, 5) is 1.41. The Morgan fingerprint density at radius 3 is 2.65 bits per heavy atom. The van der Waals surface area contributed by atoms with Crippen LogP contribution < -0.4 is 4.72 Å². The normalized spacial score (nSPS) is 11.6. The SMILES string of the molecule is Cc1sc(CO)cc1S(=O)(=O)Nc1ccc(Cl)cc1Br. The number of sulfonamides is 1. The first-order valence-corrected chi connectivity index (χ1v) is 8.98. The van der Waals surface area contributed by atoms with Gasteiger partial charge in [-0.2, -0.15) is 0 Å². The standard InChI is InChI=1S/C12H11BrClNO3S2/c1-7-12(5-9(6-16)19-7)20(17,18)15-11-3-2-8(14)4-10(11)13/h2-5,15-16H,6H2,1H3. The molecule has 0 atom stereocenters. The van der Waals surface area contributed by atoms with E-state index in [1.807, 2.05) is 0 Å². The van der Waals surface area contributed by atoms with Gasteiger partial charge in [0.15, 0.2) is 0 Å². The third-order valence-corrected chi connectivity index (χ3v) is 6.09. The number of hydrogen-bond donors (Lipinski definition) is 2. The monoisotopic (exact) mass is 395 g/mol. The van der Waals surface area contributed by atoms with Crippen LogP contribution in [-0.2, 0) is 16.6 Å². The van der Waals surface area contributed by atoms with Gasteiger partial charge in [-0.25, -0.2) is 8.42 Å². The Labute approximate surface area is 134 Å². The van der Waals surface area contributed by atoms with E-state index < -0.39 is 10.0 Å². The molecule has 4 nitrogen and oxygen atoms in total. The lowest BCUT2D eigenvalue weighted by Crippen LogP contribution is -2.13. The van der Waals surface area contributed by atoms with Crippen molar-refractivity contribution in [3.05, 3.63) is 43.5 Å². The van der Waals surface area contributed by atoms with Crippen molar-refractivity contribution in [3.8, 4) is 0 Å². The molecule has 0 spiro atoms. The second-order valence-corrected chi connectivity index (χ2v) is 8.30. The molecule has 0 saturated heterocycles. The summed E-state index contributed by atoms with van der Waals surface area (Å²) in [6.45, 7) is 1.53. The highest BCUT2D eigenvalue weighted by Crippen LogP contribution is 2.31. The van der Waals surface area contributed by atoms with Crippen molar-refractivity contribution in [2.45, 2.75) is 18.4 Å². The van der Waals surface area contributed by atoms with E-state index in [0.29, 0.717) is 24.9 Å². The largest absolute Gasteiger partial charge is 0.391 e. The van der Waals surface area contributed by atoms with Crippen LogP contribution in [0.15, 0.2) is 33.6 Å². The quantitative estimate of drug-likeness (QED) is 0.827. The smallest absolute Gasteiger partial charge is 0.263 e. The third-order valence-electron chi connectivity index (χ3n) is 2.54. The highest BCUT2D eigenvalue weighted by molar-refractivity contribution is 9.10. The number of hydrogen-bond acceptors (Lipinski definition) is 4. The van der Waals surface area contributed by atoms with Crippen LogP contribution in [0.4, 0.5) is 5.69 Å². The van der Waals surface area contributed by atoms with E-state index in [9.17, 15) is 8.42 Å². The Morgan fingerprint density at radius 1 is 1.40 bits per heavy atom. The Kier molecular flexibility index (Phi) is 4.76. The highest BCUT2D eigenvalue weighted by atomic mass is 79.9. The summed E-state index contributed by atoms with van der Waals surface area (Å²) >= 11 is 10.3. The van der Waals surface area contributed by atoms with Crippen LogP contribution >= 0.6 is 38.9 Å². The van der Waals surface area contributed by atoms with Crippen molar-refractivity contribution in [2.75, 3.05) is 4.72 Å². The maximum atomic E-state index is 12.3. The van der Waals surface area contributed by atoms with Crippen molar-refractivity contribution in [1.29, 1.82) is 0 Å². The molecule has 20 heavy (non-hydrogen) atoms. The van der Waals surface area contributed by atoms with E-state index in [2.05, 4.69) is 20.7 Å². The molecule has 0 radical (unpaired) electrons. The van der Waals surface area contributed by atoms with Gasteiger partial charge in [0.1, 0.15) is 4.90 Å². The maximum absolute atomic E-state index is 12.3. The van der Waals surface area contributed by atoms with Crippen LogP contribution in [0.1, 0.15) is 9.75 Å². The zero-order chi connectivity index (χ0) is 14.9. The summed E-state index contributed by atoms with van der Waals surface area (Å²) in [6, 6.07) is 6.27. The molecule has 1 aromatic carbocycles. The summed E-state index contributed by atoms with van der Waals surface area (Å²) in [6.07, 6.45) is 0. The Balaban J connectivity index is 2.38. The predicted octanol–water partition coefficient (Wildman–Crippen LogP) is 3.77. The van der Waals surface area contributed by atoms with Crippen molar-refractivity contribution < 1.29 is 13.5 Å². The second-order valence-electron chi connectivity index (χ2n) is 4.02. The molecule has 0 fully saturated rings. The van der Waals surface area contributed by atoms with Crippen LogP contribution in [0.3, 0.4) is 0 Å². The molecule has 0 unspecified atom stereocenters. The van der Waals surface area contributed by atoms with E-state index in [4.69, 9.17) is 16.7 Å². The molecule has 2 rings (SSSR count). The highest BCUT2D eigenvalue weighted by Gasteiger charge is 2.20. The number of halogens is 2. The summed E-state index contributed by atoms with van der Waals surface area (Å²) < 4.78 is 27.8. The van der Waals surface area contributed by atoms with E-state index in [1.54, 1.807) is 25.1 Å². The lowest BCUT2D eigenvalue weighted by molar-refractivity contribution is 0.285. The van der Waals surface area contributed by atoms with Gasteiger partial charge in [-0.1, -0.05) is 11.6 Å². The van der Waals surface area contributed by atoms with Crippen molar-refractivity contribution >= 4 is 54.6 Å². The number of aliphatic hydroxyl groups is 1. The number of anilines is 1. The van der Waals surface area contributed by atoms with Crippen molar-refractivity contribution in [3.63, 3.8) is 0 Å². The Bertz CT molecular complexity index is 743. The molecule has 0 aliphatic rings. The average Bonchev–Trinajstić information content (AvgIpc) is 2.75. The predicted molar refractivity (Wildman–Crippen MR) is 84.9 cm³/mol. The molecular formula is C12H11BrClNO3S2. The van der Waals surface area contributed by atoms with E-state index in [0.717, 1.165) is 0 Å². The van der Waals surface area contributed by atoms with Gasteiger partial charge in [-0.15, -0.1) is 11.3 Å². The zero-order valence-electron chi connectivity index (χ0n) is 10.4. The molecule has 0 amide bonds. The lowest BCUT2D eigenvalue weighted by Gasteiger charge is -2.09. The number of benzene rings is 1. The molecule has 2 aromatic rings. The topological polar surface area (TPSA) is 66.4 Å².